The van der Waals surface area contributed by atoms with E-state index in [0.717, 1.165) is 12.1 Å². The zero-order chi connectivity index (χ0) is 14.9. The molecule has 2 rings (SSSR count). The predicted molar refractivity (Wildman–Crippen MR) is 71.7 cm³/mol. The Kier molecular flexibility index (Phi) is 4.32. The first-order chi connectivity index (χ1) is 9.43. The molecular formula is C14H12ClF3N2. The molecule has 6 heteroatoms. The zero-order valence-corrected chi connectivity index (χ0v) is 11.3. The molecule has 0 aliphatic rings. The van der Waals surface area contributed by atoms with Gasteiger partial charge < -0.3 is 0 Å². The van der Waals surface area contributed by atoms with Crippen LogP contribution in [0.1, 0.15) is 22.7 Å². The highest BCUT2D eigenvalue weighted by molar-refractivity contribution is 6.31. The summed E-state index contributed by atoms with van der Waals surface area (Å²) in [6, 6.07) is 4.90. The van der Waals surface area contributed by atoms with Crippen LogP contribution < -0.4 is 11.3 Å². The van der Waals surface area contributed by atoms with Gasteiger partial charge in [-0.25, -0.2) is 18.6 Å². The molecule has 0 fully saturated rings. The van der Waals surface area contributed by atoms with Gasteiger partial charge in [0.2, 0.25) is 0 Å². The summed E-state index contributed by atoms with van der Waals surface area (Å²) in [5, 5.41) is 0.232. The minimum Gasteiger partial charge on any atom is -0.271 e. The zero-order valence-electron chi connectivity index (χ0n) is 10.6. The highest BCUT2D eigenvalue weighted by atomic mass is 35.5. The molecule has 0 aliphatic heterocycles. The summed E-state index contributed by atoms with van der Waals surface area (Å²) in [5.41, 5.74) is 3.01. The Bertz CT molecular complexity index is 647. The maximum atomic E-state index is 13.9. The van der Waals surface area contributed by atoms with Crippen LogP contribution in [-0.2, 0) is 0 Å². The van der Waals surface area contributed by atoms with Gasteiger partial charge in [0.15, 0.2) is 0 Å². The van der Waals surface area contributed by atoms with Crippen LogP contribution in [0.25, 0.3) is 0 Å². The van der Waals surface area contributed by atoms with E-state index in [-0.39, 0.29) is 21.7 Å². The number of halogens is 4. The van der Waals surface area contributed by atoms with Crippen LogP contribution >= 0.6 is 11.6 Å². The number of benzene rings is 2. The van der Waals surface area contributed by atoms with Crippen molar-refractivity contribution in [1.82, 2.24) is 5.43 Å². The quantitative estimate of drug-likeness (QED) is 0.671. The second-order valence-corrected chi connectivity index (χ2v) is 4.80. The molecule has 0 aliphatic carbocycles. The van der Waals surface area contributed by atoms with Crippen molar-refractivity contribution in [2.75, 3.05) is 0 Å². The fourth-order valence-electron chi connectivity index (χ4n) is 1.98. The lowest BCUT2D eigenvalue weighted by molar-refractivity contribution is 0.536. The number of hydrogen-bond donors (Lipinski definition) is 2. The normalized spacial score (nSPS) is 12.5. The summed E-state index contributed by atoms with van der Waals surface area (Å²) in [4.78, 5) is 0. The molecular weight excluding hydrogens is 289 g/mol. The third-order valence-electron chi connectivity index (χ3n) is 3.02. The molecule has 0 amide bonds. The maximum absolute atomic E-state index is 13.9. The molecule has 106 valence electrons. The van der Waals surface area contributed by atoms with Gasteiger partial charge >= 0.3 is 0 Å². The van der Waals surface area contributed by atoms with Gasteiger partial charge in [0.1, 0.15) is 17.5 Å². The van der Waals surface area contributed by atoms with Gasteiger partial charge in [-0.2, -0.15) is 0 Å². The molecule has 2 aromatic rings. The monoisotopic (exact) mass is 300 g/mol. The Hall–Kier alpha value is -1.56. The van der Waals surface area contributed by atoms with Crippen molar-refractivity contribution < 1.29 is 13.2 Å². The van der Waals surface area contributed by atoms with Crippen LogP contribution in [0.3, 0.4) is 0 Å². The van der Waals surface area contributed by atoms with E-state index < -0.39 is 23.5 Å². The maximum Gasteiger partial charge on any atom is 0.131 e. The molecule has 1 unspecified atom stereocenters. The molecule has 0 bridgehead atoms. The fourth-order valence-corrected chi connectivity index (χ4v) is 2.21. The first kappa shape index (κ1) is 14.8. The molecule has 1 atom stereocenters. The molecule has 0 saturated heterocycles. The first-order valence-electron chi connectivity index (χ1n) is 5.80. The Morgan fingerprint density at radius 1 is 1.05 bits per heavy atom. The second-order valence-electron chi connectivity index (χ2n) is 4.39. The van der Waals surface area contributed by atoms with Crippen molar-refractivity contribution in [2.45, 2.75) is 13.0 Å². The van der Waals surface area contributed by atoms with E-state index in [4.69, 9.17) is 17.4 Å². The average molecular weight is 301 g/mol. The van der Waals surface area contributed by atoms with E-state index >= 15 is 0 Å². The summed E-state index contributed by atoms with van der Waals surface area (Å²) in [6.07, 6.45) is 0. The SMILES string of the molecule is Cc1cc(C(NN)c2cc(F)ccc2Cl)c(F)cc1F. The van der Waals surface area contributed by atoms with Crippen molar-refractivity contribution in [3.05, 3.63) is 69.5 Å². The highest BCUT2D eigenvalue weighted by Gasteiger charge is 2.21. The summed E-state index contributed by atoms with van der Waals surface area (Å²) in [6.45, 7) is 1.50. The molecule has 20 heavy (non-hydrogen) atoms. The van der Waals surface area contributed by atoms with E-state index in [1.165, 1.54) is 25.1 Å². The van der Waals surface area contributed by atoms with E-state index in [0.29, 0.717) is 0 Å². The van der Waals surface area contributed by atoms with Crippen molar-refractivity contribution in [1.29, 1.82) is 0 Å². The average Bonchev–Trinajstić information content (AvgIpc) is 2.40. The summed E-state index contributed by atoms with van der Waals surface area (Å²) < 4.78 is 40.5. The fraction of sp³-hybridized carbons (Fsp3) is 0.143. The lowest BCUT2D eigenvalue weighted by Gasteiger charge is -2.19. The van der Waals surface area contributed by atoms with Crippen molar-refractivity contribution in [3.63, 3.8) is 0 Å². The van der Waals surface area contributed by atoms with Crippen molar-refractivity contribution in [3.8, 4) is 0 Å². The smallest absolute Gasteiger partial charge is 0.131 e. The molecule has 0 heterocycles. The second kappa shape index (κ2) is 5.83. The number of rotatable bonds is 3. The van der Waals surface area contributed by atoms with E-state index in [1.54, 1.807) is 0 Å². The minimum atomic E-state index is -0.877. The lowest BCUT2D eigenvalue weighted by Crippen LogP contribution is -2.30. The first-order valence-corrected chi connectivity index (χ1v) is 6.18. The number of aryl methyl sites for hydroxylation is 1. The summed E-state index contributed by atoms with van der Waals surface area (Å²) in [5.74, 6) is 3.46. The van der Waals surface area contributed by atoms with E-state index in [1.807, 2.05) is 0 Å². The lowest BCUT2D eigenvalue weighted by atomic mass is 9.97. The standard InChI is InChI=1S/C14H12ClF3N2/c1-7-4-10(13(18)6-12(7)17)14(20-19)9-5-8(16)2-3-11(9)15/h2-6,14,20H,19H2,1H3. The van der Waals surface area contributed by atoms with E-state index in [2.05, 4.69) is 5.43 Å². The molecule has 3 N–H and O–H groups in total. The molecule has 2 aromatic carbocycles. The molecule has 0 spiro atoms. The molecule has 2 nitrogen and oxygen atoms in total. The van der Waals surface area contributed by atoms with Gasteiger partial charge in [-0.1, -0.05) is 11.6 Å². The molecule has 0 radical (unpaired) electrons. The van der Waals surface area contributed by atoms with Crippen LogP contribution in [0.4, 0.5) is 13.2 Å². The Labute approximate surface area is 119 Å². The van der Waals surface area contributed by atoms with Gasteiger partial charge in [0.25, 0.3) is 0 Å². The van der Waals surface area contributed by atoms with Crippen molar-refractivity contribution >= 4 is 11.6 Å². The largest absolute Gasteiger partial charge is 0.271 e. The van der Waals surface area contributed by atoms with Gasteiger partial charge in [-0.05, 0) is 42.3 Å². The van der Waals surface area contributed by atoms with Gasteiger partial charge in [0, 0.05) is 16.7 Å². The van der Waals surface area contributed by atoms with E-state index in [9.17, 15) is 13.2 Å². The summed E-state index contributed by atoms with van der Waals surface area (Å²) >= 11 is 5.98. The number of nitrogens with one attached hydrogen (secondary N) is 1. The molecule has 0 aromatic heterocycles. The Morgan fingerprint density at radius 2 is 1.75 bits per heavy atom. The van der Waals surface area contributed by atoms with Crippen LogP contribution in [0.5, 0.6) is 0 Å². The predicted octanol–water partition coefficient (Wildman–Crippen LogP) is 3.62. The highest BCUT2D eigenvalue weighted by Crippen LogP contribution is 2.31. The van der Waals surface area contributed by atoms with Gasteiger partial charge in [0.05, 0.1) is 6.04 Å². The number of hydrazine groups is 1. The number of hydrogen-bond acceptors (Lipinski definition) is 2. The van der Waals surface area contributed by atoms with Crippen LogP contribution in [0, 0.1) is 24.4 Å². The summed E-state index contributed by atoms with van der Waals surface area (Å²) in [7, 11) is 0. The minimum absolute atomic E-state index is 0.0962. The third-order valence-corrected chi connectivity index (χ3v) is 3.37. The molecule has 0 saturated carbocycles. The third kappa shape index (κ3) is 2.80. The Morgan fingerprint density at radius 3 is 2.40 bits per heavy atom. The van der Waals surface area contributed by atoms with Gasteiger partial charge in [-0.15, -0.1) is 0 Å². The topological polar surface area (TPSA) is 38.0 Å². The van der Waals surface area contributed by atoms with Crippen LogP contribution in [0.2, 0.25) is 5.02 Å². The van der Waals surface area contributed by atoms with Crippen LogP contribution in [-0.4, -0.2) is 0 Å². The van der Waals surface area contributed by atoms with Crippen LogP contribution in [0.15, 0.2) is 30.3 Å². The van der Waals surface area contributed by atoms with Gasteiger partial charge in [-0.3, -0.25) is 5.84 Å². The number of nitrogens with two attached hydrogens (primary N) is 1. The van der Waals surface area contributed by atoms with Crippen molar-refractivity contribution in [2.24, 2.45) is 5.84 Å². The Balaban J connectivity index is 2.58.